The Morgan fingerprint density at radius 2 is 2.29 bits per heavy atom. The molecule has 0 saturated carbocycles. The summed E-state index contributed by atoms with van der Waals surface area (Å²) in [6.45, 7) is 4.06. The standard InChI is InChI=1S/C13H21N3O/c1-4-14-11-9-12-10(15-13(11)17-3)7-5-6-8-16(12)2/h9,14H,4-8H2,1-3H3. The van der Waals surface area contributed by atoms with Crippen molar-refractivity contribution in [3.05, 3.63) is 11.8 Å². The van der Waals surface area contributed by atoms with Gasteiger partial charge in [-0.3, -0.25) is 0 Å². The summed E-state index contributed by atoms with van der Waals surface area (Å²) < 4.78 is 5.35. The molecule has 0 radical (unpaired) electrons. The number of aromatic nitrogens is 1. The van der Waals surface area contributed by atoms with Crippen LogP contribution in [0.4, 0.5) is 11.4 Å². The van der Waals surface area contributed by atoms with Crippen LogP contribution in [-0.4, -0.2) is 32.2 Å². The topological polar surface area (TPSA) is 37.4 Å². The Morgan fingerprint density at radius 1 is 1.47 bits per heavy atom. The Balaban J connectivity index is 2.43. The lowest BCUT2D eigenvalue weighted by Crippen LogP contribution is -2.18. The number of fused-ring (bicyclic) bond motifs is 1. The van der Waals surface area contributed by atoms with Crippen molar-refractivity contribution in [3.8, 4) is 5.88 Å². The van der Waals surface area contributed by atoms with Gasteiger partial charge in [0.2, 0.25) is 5.88 Å². The quantitative estimate of drug-likeness (QED) is 0.872. The molecule has 4 heteroatoms. The molecular formula is C13H21N3O. The summed E-state index contributed by atoms with van der Waals surface area (Å²) in [6, 6.07) is 2.16. The summed E-state index contributed by atoms with van der Waals surface area (Å²) in [6.07, 6.45) is 3.47. The molecule has 1 aliphatic heterocycles. The molecule has 4 nitrogen and oxygen atoms in total. The van der Waals surface area contributed by atoms with Crippen molar-refractivity contribution in [2.24, 2.45) is 0 Å². The van der Waals surface area contributed by atoms with E-state index in [-0.39, 0.29) is 0 Å². The number of anilines is 2. The molecule has 2 rings (SSSR count). The molecule has 0 aromatic carbocycles. The van der Waals surface area contributed by atoms with Crippen LogP contribution in [0.5, 0.6) is 5.88 Å². The smallest absolute Gasteiger partial charge is 0.237 e. The molecule has 0 spiro atoms. The Labute approximate surface area is 103 Å². The van der Waals surface area contributed by atoms with Crippen LogP contribution in [0.2, 0.25) is 0 Å². The summed E-state index contributed by atoms with van der Waals surface area (Å²) in [5.74, 6) is 0.709. The van der Waals surface area contributed by atoms with Gasteiger partial charge >= 0.3 is 0 Å². The van der Waals surface area contributed by atoms with E-state index in [2.05, 4.69) is 35.2 Å². The average Bonchev–Trinajstić information content (AvgIpc) is 2.51. The number of hydrogen-bond acceptors (Lipinski definition) is 4. The summed E-state index contributed by atoms with van der Waals surface area (Å²) in [5, 5.41) is 3.30. The first-order valence-corrected chi connectivity index (χ1v) is 6.29. The van der Waals surface area contributed by atoms with Crippen LogP contribution < -0.4 is 15.0 Å². The number of nitrogens with zero attached hydrogens (tertiary/aromatic N) is 2. The van der Waals surface area contributed by atoms with Crippen molar-refractivity contribution >= 4 is 11.4 Å². The number of pyridine rings is 1. The van der Waals surface area contributed by atoms with Gasteiger partial charge in [-0.25, -0.2) is 4.98 Å². The molecule has 0 fully saturated rings. The zero-order valence-corrected chi connectivity index (χ0v) is 10.9. The third-order valence-electron chi connectivity index (χ3n) is 3.17. The van der Waals surface area contributed by atoms with E-state index >= 15 is 0 Å². The maximum absolute atomic E-state index is 5.35. The molecule has 1 aromatic heterocycles. The van der Waals surface area contributed by atoms with Gasteiger partial charge in [-0.15, -0.1) is 0 Å². The first-order valence-electron chi connectivity index (χ1n) is 6.29. The van der Waals surface area contributed by atoms with Crippen molar-refractivity contribution in [2.75, 3.05) is 37.5 Å². The lowest BCUT2D eigenvalue weighted by atomic mass is 10.2. The number of ether oxygens (including phenoxy) is 1. The predicted octanol–water partition coefficient (Wildman–Crippen LogP) is 2.29. The highest BCUT2D eigenvalue weighted by atomic mass is 16.5. The highest BCUT2D eigenvalue weighted by Crippen LogP contribution is 2.32. The fraction of sp³-hybridized carbons (Fsp3) is 0.615. The van der Waals surface area contributed by atoms with Crippen LogP contribution in [0.3, 0.4) is 0 Å². The molecule has 0 amide bonds. The van der Waals surface area contributed by atoms with E-state index in [0.717, 1.165) is 30.9 Å². The van der Waals surface area contributed by atoms with Crippen LogP contribution in [0, 0.1) is 0 Å². The van der Waals surface area contributed by atoms with Crippen molar-refractivity contribution in [3.63, 3.8) is 0 Å². The molecule has 0 aliphatic carbocycles. The van der Waals surface area contributed by atoms with Gasteiger partial charge in [-0.05, 0) is 32.3 Å². The normalized spacial score (nSPS) is 15.1. The van der Waals surface area contributed by atoms with Gasteiger partial charge in [0.25, 0.3) is 0 Å². The number of hydrogen-bond donors (Lipinski definition) is 1. The first-order chi connectivity index (χ1) is 8.26. The number of nitrogens with one attached hydrogen (secondary N) is 1. The molecule has 1 N–H and O–H groups in total. The minimum atomic E-state index is 0.709. The second-order valence-electron chi connectivity index (χ2n) is 4.42. The predicted molar refractivity (Wildman–Crippen MR) is 71.2 cm³/mol. The third kappa shape index (κ3) is 2.46. The number of methoxy groups -OCH3 is 1. The molecule has 0 unspecified atom stereocenters. The average molecular weight is 235 g/mol. The molecule has 0 atom stereocenters. The monoisotopic (exact) mass is 235 g/mol. The Morgan fingerprint density at radius 3 is 3.00 bits per heavy atom. The van der Waals surface area contributed by atoms with Gasteiger partial charge in [-0.1, -0.05) is 0 Å². The van der Waals surface area contributed by atoms with E-state index in [1.807, 2.05) is 0 Å². The summed E-state index contributed by atoms with van der Waals surface area (Å²) in [7, 11) is 3.81. The van der Waals surface area contributed by atoms with Crippen molar-refractivity contribution < 1.29 is 4.74 Å². The SMILES string of the molecule is CCNc1cc2c(nc1OC)CCCCN2C. The van der Waals surface area contributed by atoms with Gasteiger partial charge in [0.1, 0.15) is 0 Å². The molecule has 94 valence electrons. The third-order valence-corrected chi connectivity index (χ3v) is 3.17. The molecule has 1 aromatic rings. The van der Waals surface area contributed by atoms with E-state index in [9.17, 15) is 0 Å². The molecule has 0 saturated heterocycles. The van der Waals surface area contributed by atoms with E-state index in [4.69, 9.17) is 4.74 Å². The summed E-state index contributed by atoms with van der Waals surface area (Å²) in [5.41, 5.74) is 3.38. The second-order valence-corrected chi connectivity index (χ2v) is 4.42. The lowest BCUT2D eigenvalue weighted by molar-refractivity contribution is 0.398. The van der Waals surface area contributed by atoms with Crippen LogP contribution in [-0.2, 0) is 6.42 Å². The van der Waals surface area contributed by atoms with Crippen molar-refractivity contribution in [2.45, 2.75) is 26.2 Å². The maximum atomic E-state index is 5.35. The Kier molecular flexibility index (Phi) is 3.71. The second kappa shape index (κ2) is 5.25. The largest absolute Gasteiger partial charge is 0.480 e. The van der Waals surface area contributed by atoms with Crippen LogP contribution in [0.1, 0.15) is 25.5 Å². The zero-order valence-electron chi connectivity index (χ0n) is 10.9. The van der Waals surface area contributed by atoms with Gasteiger partial charge in [0, 0.05) is 20.1 Å². The number of aryl methyl sites for hydroxylation is 1. The van der Waals surface area contributed by atoms with Crippen molar-refractivity contribution in [1.82, 2.24) is 4.98 Å². The van der Waals surface area contributed by atoms with E-state index in [1.54, 1.807) is 7.11 Å². The zero-order chi connectivity index (χ0) is 12.3. The van der Waals surface area contributed by atoms with Crippen LogP contribution >= 0.6 is 0 Å². The van der Waals surface area contributed by atoms with E-state index in [0.29, 0.717) is 5.88 Å². The molecule has 1 aliphatic rings. The highest BCUT2D eigenvalue weighted by Gasteiger charge is 2.17. The van der Waals surface area contributed by atoms with Gasteiger partial charge in [0.05, 0.1) is 24.2 Å². The highest BCUT2D eigenvalue weighted by molar-refractivity contribution is 5.65. The maximum Gasteiger partial charge on any atom is 0.237 e. The minimum Gasteiger partial charge on any atom is -0.480 e. The summed E-state index contributed by atoms with van der Waals surface area (Å²) >= 11 is 0. The van der Waals surface area contributed by atoms with Gasteiger partial charge in [-0.2, -0.15) is 0 Å². The van der Waals surface area contributed by atoms with Crippen LogP contribution in [0.25, 0.3) is 0 Å². The molecule has 17 heavy (non-hydrogen) atoms. The van der Waals surface area contributed by atoms with Gasteiger partial charge < -0.3 is 15.0 Å². The fourth-order valence-corrected chi connectivity index (χ4v) is 2.27. The minimum absolute atomic E-state index is 0.709. The van der Waals surface area contributed by atoms with E-state index < -0.39 is 0 Å². The Bertz CT molecular complexity index is 392. The number of rotatable bonds is 3. The van der Waals surface area contributed by atoms with Gasteiger partial charge in [0.15, 0.2) is 0 Å². The van der Waals surface area contributed by atoms with Crippen LogP contribution in [0.15, 0.2) is 6.07 Å². The fourth-order valence-electron chi connectivity index (χ4n) is 2.27. The molecular weight excluding hydrogens is 214 g/mol. The molecule has 2 heterocycles. The van der Waals surface area contributed by atoms with E-state index in [1.165, 1.54) is 18.5 Å². The lowest BCUT2D eigenvalue weighted by Gasteiger charge is -2.21. The summed E-state index contributed by atoms with van der Waals surface area (Å²) in [4.78, 5) is 6.92. The molecule has 0 bridgehead atoms. The first kappa shape index (κ1) is 12.0. The van der Waals surface area contributed by atoms with Crippen molar-refractivity contribution in [1.29, 1.82) is 0 Å². The Hall–Kier alpha value is -1.45.